The lowest BCUT2D eigenvalue weighted by Gasteiger charge is -2.18. The standard InChI is InChI=1S/C21H23N3O2/c1-14-22-19(20-7-4-10-26-20)13-21(23-14)24-17-6-3-5-15-12-18(25-2)9-8-16(15)11-17/h4,7-10,12-13,17H,3,5-6,11H2,1-2H3,(H,22,23,24). The van der Waals surface area contributed by atoms with Gasteiger partial charge in [-0.05, 0) is 68.0 Å². The van der Waals surface area contributed by atoms with Crippen molar-refractivity contribution in [2.24, 2.45) is 0 Å². The second-order valence-corrected chi connectivity index (χ2v) is 6.74. The van der Waals surface area contributed by atoms with Gasteiger partial charge in [-0.1, -0.05) is 6.07 Å². The molecular formula is C21H23N3O2. The maximum Gasteiger partial charge on any atom is 0.152 e. The van der Waals surface area contributed by atoms with E-state index in [1.54, 1.807) is 13.4 Å². The molecule has 5 nitrogen and oxygen atoms in total. The number of methoxy groups -OCH3 is 1. The molecule has 0 saturated heterocycles. The number of aromatic nitrogens is 2. The van der Waals surface area contributed by atoms with Gasteiger partial charge in [-0.15, -0.1) is 0 Å². The lowest BCUT2D eigenvalue weighted by molar-refractivity contribution is 0.414. The van der Waals surface area contributed by atoms with Crippen LogP contribution >= 0.6 is 0 Å². The number of nitrogens with zero attached hydrogens (tertiary/aromatic N) is 2. The monoisotopic (exact) mass is 349 g/mol. The fourth-order valence-electron chi connectivity index (χ4n) is 3.59. The molecule has 26 heavy (non-hydrogen) atoms. The van der Waals surface area contributed by atoms with Gasteiger partial charge >= 0.3 is 0 Å². The number of rotatable bonds is 4. The van der Waals surface area contributed by atoms with Gasteiger partial charge in [0.25, 0.3) is 0 Å². The van der Waals surface area contributed by atoms with Crippen LogP contribution in [0.25, 0.3) is 11.5 Å². The first-order valence-electron chi connectivity index (χ1n) is 9.03. The van der Waals surface area contributed by atoms with Crippen LogP contribution in [-0.4, -0.2) is 23.1 Å². The van der Waals surface area contributed by atoms with Crippen LogP contribution in [0, 0.1) is 6.92 Å². The quantitative estimate of drug-likeness (QED) is 0.707. The van der Waals surface area contributed by atoms with E-state index in [0.29, 0.717) is 6.04 Å². The molecule has 0 aliphatic heterocycles. The van der Waals surface area contributed by atoms with Gasteiger partial charge in [0, 0.05) is 12.1 Å². The fourth-order valence-corrected chi connectivity index (χ4v) is 3.59. The highest BCUT2D eigenvalue weighted by Gasteiger charge is 2.18. The highest BCUT2D eigenvalue weighted by atomic mass is 16.5. The molecule has 1 aromatic carbocycles. The van der Waals surface area contributed by atoms with E-state index < -0.39 is 0 Å². The van der Waals surface area contributed by atoms with Crippen LogP contribution in [0.15, 0.2) is 47.1 Å². The first-order valence-corrected chi connectivity index (χ1v) is 9.03. The minimum Gasteiger partial charge on any atom is -0.497 e. The predicted molar refractivity (Wildman–Crippen MR) is 102 cm³/mol. The minimum absolute atomic E-state index is 0.350. The molecule has 0 amide bonds. The van der Waals surface area contributed by atoms with E-state index in [9.17, 15) is 0 Å². The molecule has 0 fully saturated rings. The number of anilines is 1. The zero-order valence-electron chi connectivity index (χ0n) is 15.2. The first-order chi connectivity index (χ1) is 12.7. The number of furan rings is 1. The fraction of sp³-hybridized carbons (Fsp3) is 0.333. The summed E-state index contributed by atoms with van der Waals surface area (Å²) >= 11 is 0. The molecule has 4 rings (SSSR count). The van der Waals surface area contributed by atoms with Gasteiger partial charge in [0.15, 0.2) is 5.76 Å². The molecule has 1 atom stereocenters. The average molecular weight is 349 g/mol. The Morgan fingerprint density at radius 3 is 2.88 bits per heavy atom. The predicted octanol–water partition coefficient (Wildman–Crippen LogP) is 4.41. The van der Waals surface area contributed by atoms with Gasteiger partial charge in [-0.25, -0.2) is 9.97 Å². The third-order valence-electron chi connectivity index (χ3n) is 4.84. The highest BCUT2D eigenvalue weighted by Crippen LogP contribution is 2.27. The summed E-state index contributed by atoms with van der Waals surface area (Å²) in [4.78, 5) is 9.05. The summed E-state index contributed by atoms with van der Waals surface area (Å²) in [5, 5.41) is 3.61. The van der Waals surface area contributed by atoms with Crippen molar-refractivity contribution in [2.75, 3.05) is 12.4 Å². The Hall–Kier alpha value is -2.82. The molecule has 1 N–H and O–H groups in total. The Bertz CT molecular complexity index is 890. The Morgan fingerprint density at radius 2 is 2.08 bits per heavy atom. The zero-order valence-corrected chi connectivity index (χ0v) is 15.2. The summed E-state index contributed by atoms with van der Waals surface area (Å²) in [6.45, 7) is 1.91. The Labute approximate surface area is 153 Å². The minimum atomic E-state index is 0.350. The number of benzene rings is 1. The molecule has 1 aliphatic carbocycles. The highest BCUT2D eigenvalue weighted by molar-refractivity contribution is 5.57. The van der Waals surface area contributed by atoms with Crippen molar-refractivity contribution >= 4 is 5.82 Å². The maximum absolute atomic E-state index is 5.48. The number of hydrogen-bond donors (Lipinski definition) is 1. The summed E-state index contributed by atoms with van der Waals surface area (Å²) < 4.78 is 10.8. The van der Waals surface area contributed by atoms with Crippen LogP contribution in [0.2, 0.25) is 0 Å². The van der Waals surface area contributed by atoms with Crippen molar-refractivity contribution in [3.05, 3.63) is 59.6 Å². The normalized spacial score (nSPS) is 16.6. The van der Waals surface area contributed by atoms with Gasteiger partial charge in [-0.2, -0.15) is 0 Å². The number of hydrogen-bond acceptors (Lipinski definition) is 5. The lowest BCUT2D eigenvalue weighted by Crippen LogP contribution is -2.22. The van der Waals surface area contributed by atoms with E-state index >= 15 is 0 Å². The zero-order chi connectivity index (χ0) is 17.9. The molecule has 0 saturated carbocycles. The van der Waals surface area contributed by atoms with E-state index in [1.807, 2.05) is 31.2 Å². The summed E-state index contributed by atoms with van der Waals surface area (Å²) in [6, 6.07) is 12.5. The molecule has 2 aromatic heterocycles. The van der Waals surface area contributed by atoms with E-state index in [-0.39, 0.29) is 0 Å². The molecule has 3 aromatic rings. The van der Waals surface area contributed by atoms with Crippen LogP contribution in [0.4, 0.5) is 5.82 Å². The number of nitrogens with one attached hydrogen (secondary N) is 1. The Balaban J connectivity index is 1.55. The summed E-state index contributed by atoms with van der Waals surface area (Å²) in [5.74, 6) is 3.28. The second-order valence-electron chi connectivity index (χ2n) is 6.74. The van der Waals surface area contributed by atoms with Gasteiger partial charge in [0.05, 0.1) is 13.4 Å². The molecule has 134 valence electrons. The van der Waals surface area contributed by atoms with Crippen LogP contribution < -0.4 is 10.1 Å². The van der Waals surface area contributed by atoms with E-state index in [4.69, 9.17) is 9.15 Å². The third-order valence-corrected chi connectivity index (χ3v) is 4.84. The van der Waals surface area contributed by atoms with Crippen LogP contribution in [0.5, 0.6) is 5.75 Å². The number of ether oxygens (including phenoxy) is 1. The van der Waals surface area contributed by atoms with E-state index in [1.165, 1.54) is 11.1 Å². The third kappa shape index (κ3) is 3.57. The number of aryl methyl sites for hydroxylation is 2. The summed E-state index contributed by atoms with van der Waals surface area (Å²) in [5.41, 5.74) is 3.59. The van der Waals surface area contributed by atoms with Crippen molar-refractivity contribution in [2.45, 2.75) is 38.6 Å². The molecule has 0 spiro atoms. The lowest BCUT2D eigenvalue weighted by atomic mass is 10.0. The van der Waals surface area contributed by atoms with Crippen molar-refractivity contribution in [1.82, 2.24) is 9.97 Å². The molecular weight excluding hydrogens is 326 g/mol. The topological polar surface area (TPSA) is 60.2 Å². The van der Waals surface area contributed by atoms with E-state index in [0.717, 1.165) is 54.5 Å². The van der Waals surface area contributed by atoms with E-state index in [2.05, 4.69) is 27.4 Å². The smallest absolute Gasteiger partial charge is 0.152 e. The van der Waals surface area contributed by atoms with Crippen LogP contribution in [0.1, 0.15) is 29.8 Å². The van der Waals surface area contributed by atoms with Gasteiger partial charge in [0.2, 0.25) is 0 Å². The molecule has 1 aliphatic rings. The summed E-state index contributed by atoms with van der Waals surface area (Å²) in [7, 11) is 1.72. The van der Waals surface area contributed by atoms with Crippen molar-refractivity contribution < 1.29 is 9.15 Å². The second kappa shape index (κ2) is 7.20. The SMILES string of the molecule is COc1ccc2c(c1)CCCC(Nc1cc(-c3ccco3)nc(C)n1)C2. The Morgan fingerprint density at radius 1 is 1.15 bits per heavy atom. The Kier molecular flexibility index (Phi) is 4.61. The van der Waals surface area contributed by atoms with Crippen LogP contribution in [-0.2, 0) is 12.8 Å². The maximum atomic E-state index is 5.48. The molecule has 0 bridgehead atoms. The van der Waals surface area contributed by atoms with Gasteiger partial charge < -0.3 is 14.5 Å². The molecule has 1 unspecified atom stereocenters. The average Bonchev–Trinajstić information content (AvgIpc) is 3.10. The van der Waals surface area contributed by atoms with Crippen molar-refractivity contribution in [3.63, 3.8) is 0 Å². The number of fused-ring (bicyclic) bond motifs is 1. The molecule has 5 heteroatoms. The summed E-state index contributed by atoms with van der Waals surface area (Å²) in [6.07, 6.45) is 5.99. The molecule has 2 heterocycles. The largest absolute Gasteiger partial charge is 0.497 e. The van der Waals surface area contributed by atoms with Gasteiger partial charge in [0.1, 0.15) is 23.1 Å². The van der Waals surface area contributed by atoms with Gasteiger partial charge in [-0.3, -0.25) is 0 Å². The van der Waals surface area contributed by atoms with Crippen LogP contribution in [0.3, 0.4) is 0 Å². The molecule has 0 radical (unpaired) electrons. The van der Waals surface area contributed by atoms with Crippen molar-refractivity contribution in [3.8, 4) is 17.2 Å². The van der Waals surface area contributed by atoms with Crippen molar-refractivity contribution in [1.29, 1.82) is 0 Å². The first kappa shape index (κ1) is 16.6.